The summed E-state index contributed by atoms with van der Waals surface area (Å²) < 4.78 is 22.8. The Bertz CT molecular complexity index is 422. The molecule has 1 N–H and O–H groups in total. The maximum Gasteiger partial charge on any atom is 0.309 e. The number of carbonyl (C=O) groups excluding carboxylic acids is 2. The number of ether oxygens (including phenoxy) is 2. The van der Waals surface area contributed by atoms with Crippen molar-refractivity contribution in [1.29, 1.82) is 0 Å². The van der Waals surface area contributed by atoms with Crippen LogP contribution in [0.4, 0.5) is 0 Å². The zero-order chi connectivity index (χ0) is 19.6. The van der Waals surface area contributed by atoms with E-state index in [4.69, 9.17) is 9.47 Å². The Morgan fingerprint density at radius 1 is 0.840 bits per heavy atom. The molecule has 0 spiro atoms. The third-order valence-electron chi connectivity index (χ3n) is 3.76. The molecule has 0 aliphatic rings. The highest BCUT2D eigenvalue weighted by Crippen LogP contribution is 2.46. The molecule has 0 saturated heterocycles. The van der Waals surface area contributed by atoms with Crippen molar-refractivity contribution in [3.63, 3.8) is 0 Å². The first-order valence-electron chi connectivity index (χ1n) is 9.16. The van der Waals surface area contributed by atoms with Gasteiger partial charge in [0.1, 0.15) is 0 Å². The molecular formula is C18H35O6P. The molecule has 0 aliphatic heterocycles. The van der Waals surface area contributed by atoms with Gasteiger partial charge in [-0.05, 0) is 38.5 Å². The fourth-order valence-corrected chi connectivity index (χ4v) is 5.03. The Kier molecular flexibility index (Phi) is 11.3. The van der Waals surface area contributed by atoms with Crippen LogP contribution >= 0.6 is 7.37 Å². The molecule has 0 rings (SSSR count). The lowest BCUT2D eigenvalue weighted by Crippen LogP contribution is -2.27. The minimum absolute atomic E-state index is 0.155. The van der Waals surface area contributed by atoms with Crippen LogP contribution in [0.5, 0.6) is 0 Å². The lowest BCUT2D eigenvalue weighted by molar-refractivity contribution is -0.148. The van der Waals surface area contributed by atoms with Gasteiger partial charge in [0.2, 0.25) is 7.37 Å². The molecule has 0 aromatic rings. The van der Waals surface area contributed by atoms with E-state index in [1.54, 1.807) is 13.8 Å². The normalized spacial score (nSPS) is 16.4. The predicted molar refractivity (Wildman–Crippen MR) is 98.7 cm³/mol. The van der Waals surface area contributed by atoms with Crippen molar-refractivity contribution in [3.8, 4) is 0 Å². The molecule has 0 bridgehead atoms. The SMILES string of the molecule is CCOC(=O)C(CC(C)C)CP(=O)(O)CC(CC(C)C)C(=O)OCC. The molecule has 0 saturated carbocycles. The lowest BCUT2D eigenvalue weighted by Gasteiger charge is -2.24. The maximum absolute atomic E-state index is 12.8. The highest BCUT2D eigenvalue weighted by atomic mass is 31.2. The highest BCUT2D eigenvalue weighted by Gasteiger charge is 2.35. The van der Waals surface area contributed by atoms with Crippen LogP contribution in [0.1, 0.15) is 54.4 Å². The van der Waals surface area contributed by atoms with Crippen molar-refractivity contribution < 1.29 is 28.5 Å². The number of hydrogen-bond donors (Lipinski definition) is 1. The summed E-state index contributed by atoms with van der Waals surface area (Å²) in [7, 11) is -3.67. The second kappa shape index (κ2) is 11.7. The highest BCUT2D eigenvalue weighted by molar-refractivity contribution is 7.58. The van der Waals surface area contributed by atoms with Gasteiger partial charge in [0, 0.05) is 12.3 Å². The Labute approximate surface area is 152 Å². The van der Waals surface area contributed by atoms with E-state index >= 15 is 0 Å². The summed E-state index contributed by atoms with van der Waals surface area (Å²) in [6.07, 6.45) is 0.658. The van der Waals surface area contributed by atoms with Gasteiger partial charge >= 0.3 is 11.9 Å². The van der Waals surface area contributed by atoms with Crippen LogP contribution < -0.4 is 0 Å². The van der Waals surface area contributed by atoms with Crippen molar-refractivity contribution >= 4 is 19.3 Å². The summed E-state index contributed by atoms with van der Waals surface area (Å²) >= 11 is 0. The van der Waals surface area contributed by atoms with Crippen molar-refractivity contribution in [1.82, 2.24) is 0 Å². The molecular weight excluding hydrogens is 343 g/mol. The monoisotopic (exact) mass is 378 g/mol. The first kappa shape index (κ1) is 24.1. The van der Waals surface area contributed by atoms with E-state index in [0.29, 0.717) is 12.8 Å². The van der Waals surface area contributed by atoms with E-state index in [9.17, 15) is 19.0 Å². The Morgan fingerprint density at radius 2 is 1.16 bits per heavy atom. The van der Waals surface area contributed by atoms with E-state index < -0.39 is 31.1 Å². The summed E-state index contributed by atoms with van der Waals surface area (Å²) in [4.78, 5) is 34.7. The standard InChI is InChI=1S/C18H35O6P/c1-7-23-17(19)15(9-13(3)4)11-25(21,22)12-16(10-14(5)6)18(20)24-8-2/h13-16H,7-12H2,1-6H3,(H,21,22). The second-order valence-corrected chi connectivity index (χ2v) is 9.79. The Balaban J connectivity index is 5.15. The molecule has 0 aliphatic carbocycles. The minimum Gasteiger partial charge on any atom is -0.466 e. The van der Waals surface area contributed by atoms with E-state index in [-0.39, 0.29) is 37.4 Å². The molecule has 0 heterocycles. The van der Waals surface area contributed by atoms with Crippen LogP contribution in [-0.4, -0.2) is 42.4 Å². The van der Waals surface area contributed by atoms with Gasteiger partial charge in [0.15, 0.2) is 0 Å². The summed E-state index contributed by atoms with van der Waals surface area (Å²) in [6, 6.07) is 0. The molecule has 0 aromatic carbocycles. The molecule has 0 aromatic heterocycles. The van der Waals surface area contributed by atoms with Crippen LogP contribution in [0.3, 0.4) is 0 Å². The van der Waals surface area contributed by atoms with E-state index in [1.807, 2.05) is 27.7 Å². The Hall–Kier alpha value is -0.870. The van der Waals surface area contributed by atoms with Gasteiger partial charge in [-0.25, -0.2) is 0 Å². The molecule has 0 radical (unpaired) electrons. The van der Waals surface area contributed by atoms with Crippen LogP contribution in [0.15, 0.2) is 0 Å². The molecule has 0 amide bonds. The number of rotatable bonds is 12. The number of esters is 2. The van der Waals surface area contributed by atoms with Gasteiger partial charge in [-0.2, -0.15) is 0 Å². The average molecular weight is 378 g/mol. The molecule has 25 heavy (non-hydrogen) atoms. The minimum atomic E-state index is -3.67. The van der Waals surface area contributed by atoms with Crippen molar-refractivity contribution in [2.75, 3.05) is 25.5 Å². The van der Waals surface area contributed by atoms with Crippen molar-refractivity contribution in [3.05, 3.63) is 0 Å². The van der Waals surface area contributed by atoms with Crippen LogP contribution in [0.2, 0.25) is 0 Å². The molecule has 2 atom stereocenters. The van der Waals surface area contributed by atoms with Crippen molar-refractivity contribution in [2.45, 2.75) is 54.4 Å². The summed E-state index contributed by atoms with van der Waals surface area (Å²) in [6.45, 7) is 11.7. The fraction of sp³-hybridized carbons (Fsp3) is 0.889. The van der Waals surface area contributed by atoms with E-state index in [0.717, 1.165) is 0 Å². The third-order valence-corrected chi connectivity index (χ3v) is 5.79. The lowest BCUT2D eigenvalue weighted by atomic mass is 9.99. The Morgan fingerprint density at radius 3 is 1.40 bits per heavy atom. The zero-order valence-corrected chi connectivity index (χ0v) is 17.4. The molecule has 2 unspecified atom stereocenters. The van der Waals surface area contributed by atoms with Gasteiger partial charge < -0.3 is 14.4 Å². The van der Waals surface area contributed by atoms with Crippen LogP contribution in [0.25, 0.3) is 0 Å². The van der Waals surface area contributed by atoms with Gasteiger partial charge in [0.25, 0.3) is 0 Å². The smallest absolute Gasteiger partial charge is 0.309 e. The van der Waals surface area contributed by atoms with Crippen molar-refractivity contribution in [2.24, 2.45) is 23.7 Å². The van der Waals surface area contributed by atoms with Crippen LogP contribution in [0, 0.1) is 23.7 Å². The van der Waals surface area contributed by atoms with Gasteiger partial charge in [0.05, 0.1) is 25.0 Å². The third kappa shape index (κ3) is 10.7. The number of carbonyl (C=O) groups is 2. The quantitative estimate of drug-likeness (QED) is 0.411. The van der Waals surface area contributed by atoms with Gasteiger partial charge in [-0.3, -0.25) is 14.2 Å². The van der Waals surface area contributed by atoms with Crippen LogP contribution in [-0.2, 0) is 23.6 Å². The summed E-state index contributed by atoms with van der Waals surface area (Å²) in [5.74, 6) is -1.74. The fourth-order valence-electron chi connectivity index (χ4n) is 2.91. The van der Waals surface area contributed by atoms with Gasteiger partial charge in [-0.15, -0.1) is 0 Å². The molecule has 7 heteroatoms. The molecule has 6 nitrogen and oxygen atoms in total. The number of hydrogen-bond acceptors (Lipinski definition) is 5. The summed E-state index contributed by atoms with van der Waals surface area (Å²) in [5, 5.41) is 0. The molecule has 0 fully saturated rings. The predicted octanol–water partition coefficient (Wildman–Crippen LogP) is 3.71. The second-order valence-electron chi connectivity index (χ2n) is 7.37. The topological polar surface area (TPSA) is 89.9 Å². The zero-order valence-electron chi connectivity index (χ0n) is 16.5. The van der Waals surface area contributed by atoms with E-state index in [2.05, 4.69) is 0 Å². The first-order chi connectivity index (χ1) is 11.5. The maximum atomic E-state index is 12.8. The first-order valence-corrected chi connectivity index (χ1v) is 11.2. The molecule has 148 valence electrons. The average Bonchev–Trinajstić information content (AvgIpc) is 2.44. The van der Waals surface area contributed by atoms with E-state index in [1.165, 1.54) is 0 Å². The summed E-state index contributed by atoms with van der Waals surface area (Å²) in [5.41, 5.74) is 0. The largest absolute Gasteiger partial charge is 0.466 e. The van der Waals surface area contributed by atoms with Gasteiger partial charge in [-0.1, -0.05) is 27.7 Å².